The third kappa shape index (κ3) is 12.7. The molecule has 0 aromatic heterocycles. The average molecular weight is 332 g/mol. The van der Waals surface area contributed by atoms with Crippen molar-refractivity contribution in [2.45, 2.75) is 26.3 Å². The van der Waals surface area contributed by atoms with Crippen LogP contribution in [0.15, 0.2) is 5.11 Å². The molecule has 0 saturated carbocycles. The minimum Gasteiger partial charge on any atom is -0.447 e. The fourth-order valence-corrected chi connectivity index (χ4v) is 1.25. The summed E-state index contributed by atoms with van der Waals surface area (Å²) < 4.78 is 20.8. The molecule has 0 rings (SSSR count). The quantitative estimate of drug-likeness (QED) is 0.236. The van der Waals surface area contributed by atoms with Gasteiger partial charge in [-0.2, -0.15) is 0 Å². The zero-order valence-corrected chi connectivity index (χ0v) is 14.5. The Morgan fingerprint density at radius 2 is 1.48 bits per heavy atom. The summed E-state index contributed by atoms with van der Waals surface area (Å²) >= 11 is 0. The molecule has 0 spiro atoms. The number of amides is 1. The van der Waals surface area contributed by atoms with Crippen LogP contribution in [-0.4, -0.2) is 76.4 Å². The van der Waals surface area contributed by atoms with Gasteiger partial charge in [0.25, 0.3) is 0 Å². The van der Waals surface area contributed by atoms with E-state index in [0.717, 1.165) is 0 Å². The average Bonchev–Trinajstić information content (AvgIpc) is 2.50. The highest BCUT2D eigenvalue weighted by atomic mass is 16.6. The van der Waals surface area contributed by atoms with Crippen molar-refractivity contribution in [3.8, 4) is 0 Å². The summed E-state index contributed by atoms with van der Waals surface area (Å²) in [7, 11) is 1.70. The number of carbonyl (C=O) groups excluding carboxylic acids is 1. The molecule has 9 nitrogen and oxygen atoms in total. The van der Waals surface area contributed by atoms with Crippen molar-refractivity contribution in [3.05, 3.63) is 10.4 Å². The Bertz CT molecular complexity index is 367. The Kier molecular flexibility index (Phi) is 12.1. The van der Waals surface area contributed by atoms with Crippen LogP contribution >= 0.6 is 0 Å². The van der Waals surface area contributed by atoms with Gasteiger partial charge in [-0.25, -0.2) is 4.79 Å². The minimum atomic E-state index is -0.366. The molecule has 23 heavy (non-hydrogen) atoms. The van der Waals surface area contributed by atoms with Gasteiger partial charge in [-0.05, 0) is 26.3 Å². The summed E-state index contributed by atoms with van der Waals surface area (Å²) in [5.41, 5.74) is 7.79. The second-order valence-electron chi connectivity index (χ2n) is 5.64. The van der Waals surface area contributed by atoms with Crippen molar-refractivity contribution < 1.29 is 23.7 Å². The number of hydrogen-bond donors (Lipinski definition) is 0. The van der Waals surface area contributed by atoms with Crippen LogP contribution in [0.1, 0.15) is 20.8 Å². The Morgan fingerprint density at radius 1 is 1.00 bits per heavy atom. The van der Waals surface area contributed by atoms with E-state index in [0.29, 0.717) is 46.2 Å². The fraction of sp³-hybridized carbons (Fsp3) is 0.929. The predicted octanol–water partition coefficient (Wildman–Crippen LogP) is 2.21. The SMILES string of the molecule is CN(C(=O)OCCOCCOCCOCCN=[N+]=[N-])C(C)(C)C. The fourth-order valence-electron chi connectivity index (χ4n) is 1.25. The molecule has 0 aliphatic carbocycles. The molecule has 0 N–H and O–H groups in total. The number of rotatable bonds is 12. The number of azide groups is 1. The van der Waals surface area contributed by atoms with Crippen LogP contribution in [0.25, 0.3) is 10.4 Å². The molecular weight excluding hydrogens is 304 g/mol. The smallest absolute Gasteiger partial charge is 0.410 e. The number of ether oxygens (including phenoxy) is 4. The lowest BCUT2D eigenvalue weighted by molar-refractivity contribution is 0.00239. The highest BCUT2D eigenvalue weighted by molar-refractivity contribution is 5.68. The van der Waals surface area contributed by atoms with Gasteiger partial charge in [-0.1, -0.05) is 5.11 Å². The van der Waals surface area contributed by atoms with E-state index in [1.807, 2.05) is 20.8 Å². The van der Waals surface area contributed by atoms with Crippen molar-refractivity contribution in [1.29, 1.82) is 0 Å². The molecule has 0 aliphatic rings. The second kappa shape index (κ2) is 13.0. The molecule has 0 unspecified atom stereocenters. The van der Waals surface area contributed by atoms with Crippen LogP contribution in [0.3, 0.4) is 0 Å². The lowest BCUT2D eigenvalue weighted by Gasteiger charge is -2.30. The van der Waals surface area contributed by atoms with E-state index in [9.17, 15) is 4.79 Å². The summed E-state index contributed by atoms with van der Waals surface area (Å²) in [6, 6.07) is 0. The Morgan fingerprint density at radius 3 is 1.96 bits per heavy atom. The first-order valence-corrected chi connectivity index (χ1v) is 7.54. The summed E-state index contributed by atoms with van der Waals surface area (Å²) in [5.74, 6) is 0. The Labute approximate surface area is 137 Å². The van der Waals surface area contributed by atoms with Crippen LogP contribution in [0.2, 0.25) is 0 Å². The van der Waals surface area contributed by atoms with Gasteiger partial charge < -0.3 is 23.8 Å². The molecule has 0 saturated heterocycles. The third-order valence-electron chi connectivity index (χ3n) is 2.88. The largest absolute Gasteiger partial charge is 0.447 e. The van der Waals surface area contributed by atoms with Crippen LogP contribution in [0, 0.1) is 0 Å². The van der Waals surface area contributed by atoms with Crippen LogP contribution in [0.4, 0.5) is 4.79 Å². The zero-order chi connectivity index (χ0) is 17.6. The highest BCUT2D eigenvalue weighted by Crippen LogP contribution is 2.11. The molecule has 0 atom stereocenters. The normalized spacial score (nSPS) is 11.0. The zero-order valence-electron chi connectivity index (χ0n) is 14.5. The van der Waals surface area contributed by atoms with Crippen molar-refractivity contribution in [2.24, 2.45) is 5.11 Å². The van der Waals surface area contributed by atoms with Gasteiger partial charge in [0.15, 0.2) is 0 Å². The van der Waals surface area contributed by atoms with E-state index in [1.54, 1.807) is 7.05 Å². The molecule has 1 amide bonds. The third-order valence-corrected chi connectivity index (χ3v) is 2.88. The van der Waals surface area contributed by atoms with E-state index in [-0.39, 0.29) is 18.2 Å². The first-order valence-electron chi connectivity index (χ1n) is 7.54. The first-order chi connectivity index (χ1) is 10.9. The number of carbonyl (C=O) groups is 1. The van der Waals surface area contributed by atoms with E-state index in [4.69, 9.17) is 24.5 Å². The van der Waals surface area contributed by atoms with Crippen LogP contribution < -0.4 is 0 Å². The predicted molar refractivity (Wildman–Crippen MR) is 85.3 cm³/mol. The minimum absolute atomic E-state index is 0.210. The van der Waals surface area contributed by atoms with E-state index in [2.05, 4.69) is 10.0 Å². The maximum atomic E-state index is 11.7. The summed E-state index contributed by atoms with van der Waals surface area (Å²) in [5, 5.41) is 3.34. The molecule has 0 radical (unpaired) electrons. The van der Waals surface area contributed by atoms with Gasteiger partial charge >= 0.3 is 6.09 Å². The lowest BCUT2D eigenvalue weighted by Crippen LogP contribution is -2.43. The molecule has 0 fully saturated rings. The van der Waals surface area contributed by atoms with Gasteiger partial charge in [-0.3, -0.25) is 0 Å². The maximum Gasteiger partial charge on any atom is 0.410 e. The van der Waals surface area contributed by atoms with E-state index in [1.165, 1.54) is 4.90 Å². The molecule has 0 heterocycles. The molecule has 9 heteroatoms. The van der Waals surface area contributed by atoms with Gasteiger partial charge in [-0.15, -0.1) is 0 Å². The lowest BCUT2D eigenvalue weighted by atomic mass is 10.1. The number of hydrogen-bond acceptors (Lipinski definition) is 6. The van der Waals surface area contributed by atoms with Gasteiger partial charge in [0.05, 0.1) is 39.6 Å². The molecule has 0 aromatic carbocycles. The monoisotopic (exact) mass is 332 g/mol. The standard InChI is InChI=1S/C14H28N4O5/c1-14(2,3)18(4)13(19)23-12-11-22-10-9-21-8-7-20-6-5-16-17-15/h5-12H2,1-4H3. The Balaban J connectivity index is 3.34. The van der Waals surface area contributed by atoms with E-state index < -0.39 is 0 Å². The highest BCUT2D eigenvalue weighted by Gasteiger charge is 2.23. The Hall–Kier alpha value is -1.54. The summed E-state index contributed by atoms with van der Waals surface area (Å²) in [6.07, 6.45) is -0.366. The molecule has 134 valence electrons. The van der Waals surface area contributed by atoms with Crippen molar-refractivity contribution in [2.75, 3.05) is 59.8 Å². The molecule has 0 bridgehead atoms. The van der Waals surface area contributed by atoms with Crippen molar-refractivity contribution in [3.63, 3.8) is 0 Å². The molecule has 0 aliphatic heterocycles. The van der Waals surface area contributed by atoms with Crippen molar-refractivity contribution in [1.82, 2.24) is 4.90 Å². The molecule has 0 aromatic rings. The van der Waals surface area contributed by atoms with Crippen LogP contribution in [0.5, 0.6) is 0 Å². The van der Waals surface area contributed by atoms with Gasteiger partial charge in [0, 0.05) is 24.0 Å². The van der Waals surface area contributed by atoms with Crippen LogP contribution in [-0.2, 0) is 18.9 Å². The summed E-state index contributed by atoms with van der Waals surface area (Å²) in [6.45, 7) is 8.80. The van der Waals surface area contributed by atoms with Gasteiger partial charge in [0.1, 0.15) is 6.61 Å². The second-order valence-corrected chi connectivity index (χ2v) is 5.64. The summed E-state index contributed by atoms with van der Waals surface area (Å²) in [4.78, 5) is 15.8. The topological polar surface area (TPSA) is 106 Å². The number of nitrogens with zero attached hydrogens (tertiary/aromatic N) is 4. The van der Waals surface area contributed by atoms with E-state index >= 15 is 0 Å². The van der Waals surface area contributed by atoms with Gasteiger partial charge in [0.2, 0.25) is 0 Å². The molecular formula is C14H28N4O5. The first kappa shape index (κ1) is 21.5. The van der Waals surface area contributed by atoms with Crippen molar-refractivity contribution >= 4 is 6.09 Å². The maximum absolute atomic E-state index is 11.7.